The fourth-order valence-electron chi connectivity index (χ4n) is 2.57. The smallest absolute Gasteiger partial charge is 0.128 e. The Bertz CT molecular complexity index is 401. The van der Waals surface area contributed by atoms with E-state index in [2.05, 4.69) is 21.2 Å². The minimum atomic E-state index is -0.254. The van der Waals surface area contributed by atoms with Crippen LogP contribution < -0.4 is 5.32 Å². The van der Waals surface area contributed by atoms with Gasteiger partial charge in [0.2, 0.25) is 0 Å². The van der Waals surface area contributed by atoms with Crippen LogP contribution in [0.5, 0.6) is 0 Å². The number of methoxy groups -OCH3 is 1. The summed E-state index contributed by atoms with van der Waals surface area (Å²) in [4.78, 5) is 0. The molecule has 4 heteroatoms. The van der Waals surface area contributed by atoms with E-state index in [0.29, 0.717) is 5.56 Å². The first-order valence-corrected chi connectivity index (χ1v) is 6.59. The summed E-state index contributed by atoms with van der Waals surface area (Å²) in [5, 5.41) is 3.19. The van der Waals surface area contributed by atoms with Gasteiger partial charge in [-0.25, -0.2) is 4.39 Å². The summed E-state index contributed by atoms with van der Waals surface area (Å²) in [7, 11) is 3.56. The maximum Gasteiger partial charge on any atom is 0.128 e. The maximum atomic E-state index is 13.9. The van der Waals surface area contributed by atoms with Gasteiger partial charge in [-0.2, -0.15) is 0 Å². The second kappa shape index (κ2) is 5.04. The van der Waals surface area contributed by atoms with E-state index >= 15 is 0 Å². The molecule has 1 unspecified atom stereocenters. The Labute approximate surface area is 110 Å². The predicted octanol–water partition coefficient (Wildman–Crippen LogP) is 3.42. The summed E-state index contributed by atoms with van der Waals surface area (Å²) in [6, 6.07) is 4.94. The van der Waals surface area contributed by atoms with Crippen LogP contribution in [-0.2, 0) is 4.74 Å². The van der Waals surface area contributed by atoms with E-state index in [1.54, 1.807) is 13.2 Å². The summed E-state index contributed by atoms with van der Waals surface area (Å²) < 4.78 is 20.4. The number of nitrogens with one attached hydrogen (secondary N) is 1. The highest BCUT2D eigenvalue weighted by atomic mass is 79.9. The van der Waals surface area contributed by atoms with Crippen molar-refractivity contribution in [3.63, 3.8) is 0 Å². The van der Waals surface area contributed by atoms with Crippen molar-refractivity contribution >= 4 is 15.9 Å². The van der Waals surface area contributed by atoms with Gasteiger partial charge >= 0.3 is 0 Å². The third-order valence-electron chi connectivity index (χ3n) is 3.69. The lowest BCUT2D eigenvalue weighted by Gasteiger charge is -2.46. The van der Waals surface area contributed by atoms with E-state index in [1.807, 2.05) is 13.1 Å². The summed E-state index contributed by atoms with van der Waals surface area (Å²) in [6.07, 6.45) is 3.09. The maximum absolute atomic E-state index is 13.9. The summed E-state index contributed by atoms with van der Waals surface area (Å²) in [5.41, 5.74) is 0.416. The summed E-state index contributed by atoms with van der Waals surface area (Å²) in [5.74, 6) is -0.184. The lowest BCUT2D eigenvalue weighted by Crippen LogP contribution is -2.50. The molecule has 1 N–H and O–H groups in total. The van der Waals surface area contributed by atoms with E-state index in [9.17, 15) is 4.39 Å². The second-order valence-electron chi connectivity index (χ2n) is 4.51. The third-order valence-corrected chi connectivity index (χ3v) is 4.18. The van der Waals surface area contributed by atoms with Crippen LogP contribution in [0.25, 0.3) is 0 Å². The number of benzene rings is 1. The molecule has 1 aromatic rings. The molecule has 1 aromatic carbocycles. The van der Waals surface area contributed by atoms with Gasteiger partial charge in [0, 0.05) is 17.1 Å². The SMILES string of the molecule is CNC(c1cc(Br)ccc1F)C1(OC)CCC1. The van der Waals surface area contributed by atoms with Gasteiger partial charge in [0.05, 0.1) is 11.6 Å². The Morgan fingerprint density at radius 1 is 1.47 bits per heavy atom. The standard InChI is InChI=1S/C13H17BrFNO/c1-16-12(13(17-2)6-3-7-13)10-8-9(14)4-5-11(10)15/h4-5,8,12,16H,3,6-7H2,1-2H3. The van der Waals surface area contributed by atoms with Gasteiger partial charge in [0.15, 0.2) is 0 Å². The Morgan fingerprint density at radius 2 is 2.18 bits per heavy atom. The molecular formula is C13H17BrFNO. The number of likely N-dealkylation sites (N-methyl/N-ethyl adjacent to an activating group) is 1. The second-order valence-corrected chi connectivity index (χ2v) is 5.43. The summed E-state index contributed by atoms with van der Waals surface area (Å²) in [6.45, 7) is 0. The molecule has 2 nitrogen and oxygen atoms in total. The number of halogens is 2. The fraction of sp³-hybridized carbons (Fsp3) is 0.538. The molecule has 2 rings (SSSR count). The average Bonchev–Trinajstić information content (AvgIpc) is 2.27. The zero-order valence-electron chi connectivity index (χ0n) is 10.1. The fourth-order valence-corrected chi connectivity index (χ4v) is 2.95. The van der Waals surface area contributed by atoms with Crippen LogP contribution in [0.2, 0.25) is 0 Å². The Hall–Kier alpha value is -0.450. The van der Waals surface area contributed by atoms with Crippen molar-refractivity contribution in [1.29, 1.82) is 0 Å². The molecule has 1 aliphatic carbocycles. The van der Waals surface area contributed by atoms with Crippen molar-refractivity contribution in [3.05, 3.63) is 34.1 Å². The van der Waals surface area contributed by atoms with E-state index < -0.39 is 0 Å². The molecule has 0 saturated heterocycles. The average molecular weight is 302 g/mol. The topological polar surface area (TPSA) is 21.3 Å². The minimum absolute atomic E-state index is 0.0984. The number of hydrogen-bond acceptors (Lipinski definition) is 2. The Kier molecular flexibility index (Phi) is 3.85. The Morgan fingerprint density at radius 3 is 2.65 bits per heavy atom. The quantitative estimate of drug-likeness (QED) is 0.920. The van der Waals surface area contributed by atoms with Gasteiger partial charge < -0.3 is 10.1 Å². The van der Waals surface area contributed by atoms with E-state index in [4.69, 9.17) is 4.74 Å². The highest BCUT2D eigenvalue weighted by Crippen LogP contribution is 2.45. The van der Waals surface area contributed by atoms with Gasteiger partial charge in [-0.3, -0.25) is 0 Å². The lowest BCUT2D eigenvalue weighted by molar-refractivity contribution is -0.0989. The van der Waals surface area contributed by atoms with Gasteiger partial charge in [-0.15, -0.1) is 0 Å². The summed E-state index contributed by atoms with van der Waals surface area (Å²) >= 11 is 3.39. The molecule has 0 aliphatic heterocycles. The molecule has 0 bridgehead atoms. The van der Waals surface area contributed by atoms with Crippen LogP contribution in [0.15, 0.2) is 22.7 Å². The highest BCUT2D eigenvalue weighted by molar-refractivity contribution is 9.10. The zero-order chi connectivity index (χ0) is 12.5. The molecule has 94 valence electrons. The lowest BCUT2D eigenvalue weighted by atomic mass is 9.72. The number of rotatable bonds is 4. The number of hydrogen-bond donors (Lipinski definition) is 1. The van der Waals surface area contributed by atoms with E-state index in [0.717, 1.165) is 23.7 Å². The van der Waals surface area contributed by atoms with Gasteiger partial charge in [0.25, 0.3) is 0 Å². The molecule has 0 amide bonds. The molecule has 0 aromatic heterocycles. The van der Waals surface area contributed by atoms with Gasteiger partial charge in [-0.05, 0) is 44.5 Å². The number of ether oxygens (including phenoxy) is 1. The molecule has 0 radical (unpaired) electrons. The molecule has 0 heterocycles. The van der Waals surface area contributed by atoms with Crippen LogP contribution in [-0.4, -0.2) is 19.8 Å². The molecule has 1 saturated carbocycles. The van der Waals surface area contributed by atoms with E-state index in [1.165, 1.54) is 6.07 Å². The predicted molar refractivity (Wildman–Crippen MR) is 69.5 cm³/mol. The first-order chi connectivity index (χ1) is 8.13. The van der Waals surface area contributed by atoms with Crippen molar-refractivity contribution in [3.8, 4) is 0 Å². The van der Waals surface area contributed by atoms with Crippen molar-refractivity contribution in [2.75, 3.05) is 14.2 Å². The van der Waals surface area contributed by atoms with Crippen LogP contribution in [0.1, 0.15) is 30.9 Å². The molecule has 1 fully saturated rings. The third kappa shape index (κ3) is 2.26. The van der Waals surface area contributed by atoms with Gasteiger partial charge in [-0.1, -0.05) is 15.9 Å². The van der Waals surface area contributed by atoms with Crippen molar-refractivity contribution in [2.24, 2.45) is 0 Å². The van der Waals surface area contributed by atoms with Crippen LogP contribution in [0, 0.1) is 5.82 Å². The first-order valence-electron chi connectivity index (χ1n) is 5.80. The molecule has 1 aliphatic rings. The largest absolute Gasteiger partial charge is 0.376 e. The van der Waals surface area contributed by atoms with Crippen LogP contribution in [0.4, 0.5) is 4.39 Å². The van der Waals surface area contributed by atoms with Crippen molar-refractivity contribution < 1.29 is 9.13 Å². The van der Waals surface area contributed by atoms with Crippen LogP contribution in [0.3, 0.4) is 0 Å². The highest BCUT2D eigenvalue weighted by Gasteiger charge is 2.45. The van der Waals surface area contributed by atoms with E-state index in [-0.39, 0.29) is 17.5 Å². The monoisotopic (exact) mass is 301 g/mol. The molecule has 0 spiro atoms. The molecular weight excluding hydrogens is 285 g/mol. The van der Waals surface area contributed by atoms with Gasteiger partial charge in [0.1, 0.15) is 5.82 Å². The molecule has 1 atom stereocenters. The van der Waals surface area contributed by atoms with Crippen molar-refractivity contribution in [2.45, 2.75) is 30.9 Å². The normalized spacial score (nSPS) is 19.8. The zero-order valence-corrected chi connectivity index (χ0v) is 11.7. The van der Waals surface area contributed by atoms with Crippen molar-refractivity contribution in [1.82, 2.24) is 5.32 Å². The van der Waals surface area contributed by atoms with Crippen LogP contribution >= 0.6 is 15.9 Å². The first kappa shape index (κ1) is 13.0. The minimum Gasteiger partial charge on any atom is -0.376 e. The molecule has 17 heavy (non-hydrogen) atoms. The Balaban J connectivity index is 2.37.